The molecule has 0 aliphatic heterocycles. The molecular weight excluding hydrogens is 244 g/mol. The van der Waals surface area contributed by atoms with Gasteiger partial charge >= 0.3 is 0 Å². The Morgan fingerprint density at radius 3 is 2.79 bits per heavy atom. The van der Waals surface area contributed by atoms with E-state index in [1.54, 1.807) is 12.1 Å². The average molecular weight is 266 g/mol. The molecule has 0 unspecified atom stereocenters. The Morgan fingerprint density at radius 1 is 1.47 bits per heavy atom. The summed E-state index contributed by atoms with van der Waals surface area (Å²) in [6.07, 6.45) is 0.932. The summed E-state index contributed by atoms with van der Waals surface area (Å²) in [6.45, 7) is 3.66. The van der Waals surface area contributed by atoms with Crippen LogP contribution in [0.15, 0.2) is 18.2 Å². The number of carbonyl (C=O) groups is 1. The molecule has 2 N–H and O–H groups in total. The quantitative estimate of drug-likeness (QED) is 0.782. The summed E-state index contributed by atoms with van der Waals surface area (Å²) in [5.74, 6) is 0.581. The van der Waals surface area contributed by atoms with Crippen molar-refractivity contribution in [2.24, 2.45) is 0 Å². The highest BCUT2D eigenvalue weighted by Crippen LogP contribution is 2.26. The first kappa shape index (κ1) is 15.3. The van der Waals surface area contributed by atoms with E-state index in [0.29, 0.717) is 25.4 Å². The summed E-state index contributed by atoms with van der Waals surface area (Å²) < 4.78 is 4.99. The number of phenols is 1. The van der Waals surface area contributed by atoms with Crippen LogP contribution in [0, 0.1) is 0 Å². The molecular formula is C14H22N2O3. The summed E-state index contributed by atoms with van der Waals surface area (Å²) in [5.41, 5.74) is 0.934. The van der Waals surface area contributed by atoms with Crippen LogP contribution in [0.5, 0.6) is 11.5 Å². The van der Waals surface area contributed by atoms with Crippen molar-refractivity contribution in [3.8, 4) is 11.5 Å². The van der Waals surface area contributed by atoms with Crippen LogP contribution in [0.1, 0.15) is 18.9 Å². The first-order chi connectivity index (χ1) is 9.06. The van der Waals surface area contributed by atoms with Crippen LogP contribution >= 0.6 is 0 Å². The Bertz CT molecular complexity index is 421. The van der Waals surface area contributed by atoms with E-state index in [4.69, 9.17) is 4.74 Å². The molecule has 0 atom stereocenters. The number of benzene rings is 1. The van der Waals surface area contributed by atoms with Crippen molar-refractivity contribution in [2.75, 3.05) is 27.2 Å². The monoisotopic (exact) mass is 266 g/mol. The fraction of sp³-hybridized carbons (Fsp3) is 0.500. The smallest absolute Gasteiger partial charge is 0.234 e. The molecule has 0 saturated heterocycles. The topological polar surface area (TPSA) is 61.8 Å². The van der Waals surface area contributed by atoms with E-state index >= 15 is 0 Å². The SMILES string of the molecule is CCCNC(=O)CN(C)Cc1ccc(OC)c(O)c1. The van der Waals surface area contributed by atoms with Crippen molar-refractivity contribution in [2.45, 2.75) is 19.9 Å². The van der Waals surface area contributed by atoms with Gasteiger partial charge in [0.1, 0.15) is 0 Å². The molecule has 1 rings (SSSR count). The Kier molecular flexibility index (Phi) is 6.15. The number of amides is 1. The molecule has 1 amide bonds. The highest BCUT2D eigenvalue weighted by molar-refractivity contribution is 5.77. The molecule has 5 nitrogen and oxygen atoms in total. The van der Waals surface area contributed by atoms with Gasteiger partial charge in [-0.15, -0.1) is 0 Å². The lowest BCUT2D eigenvalue weighted by atomic mass is 10.2. The number of hydrogen-bond donors (Lipinski definition) is 2. The Morgan fingerprint density at radius 2 is 2.21 bits per heavy atom. The molecule has 0 spiro atoms. The van der Waals surface area contributed by atoms with E-state index < -0.39 is 0 Å². The maximum Gasteiger partial charge on any atom is 0.234 e. The van der Waals surface area contributed by atoms with E-state index in [1.165, 1.54) is 7.11 Å². The molecule has 5 heteroatoms. The summed E-state index contributed by atoms with van der Waals surface area (Å²) in [4.78, 5) is 13.4. The van der Waals surface area contributed by atoms with Crippen LogP contribution in [0.2, 0.25) is 0 Å². The zero-order valence-corrected chi connectivity index (χ0v) is 11.8. The van der Waals surface area contributed by atoms with E-state index in [2.05, 4.69) is 5.32 Å². The van der Waals surface area contributed by atoms with Gasteiger partial charge in [-0.25, -0.2) is 0 Å². The zero-order valence-electron chi connectivity index (χ0n) is 11.8. The molecule has 106 valence electrons. The summed E-state index contributed by atoms with van der Waals surface area (Å²) in [5, 5.41) is 12.5. The summed E-state index contributed by atoms with van der Waals surface area (Å²) >= 11 is 0. The Labute approximate surface area is 114 Å². The van der Waals surface area contributed by atoms with Crippen molar-refractivity contribution in [3.63, 3.8) is 0 Å². The molecule has 0 bridgehead atoms. The lowest BCUT2D eigenvalue weighted by Gasteiger charge is -2.16. The third-order valence-electron chi connectivity index (χ3n) is 2.68. The normalized spacial score (nSPS) is 10.5. The summed E-state index contributed by atoms with van der Waals surface area (Å²) in [6, 6.07) is 5.24. The number of carbonyl (C=O) groups excluding carboxylic acids is 1. The van der Waals surface area contributed by atoms with Gasteiger partial charge in [0.25, 0.3) is 0 Å². The maximum absolute atomic E-state index is 11.5. The highest BCUT2D eigenvalue weighted by Gasteiger charge is 2.08. The van der Waals surface area contributed by atoms with Crippen LogP contribution < -0.4 is 10.1 Å². The van der Waals surface area contributed by atoms with Crippen molar-refractivity contribution in [1.29, 1.82) is 0 Å². The maximum atomic E-state index is 11.5. The second-order valence-electron chi connectivity index (χ2n) is 4.53. The first-order valence-electron chi connectivity index (χ1n) is 6.38. The minimum atomic E-state index is 0.0158. The fourth-order valence-electron chi connectivity index (χ4n) is 1.77. The van der Waals surface area contributed by atoms with Gasteiger partial charge in [-0.05, 0) is 31.2 Å². The number of methoxy groups -OCH3 is 1. The Hall–Kier alpha value is -1.75. The predicted octanol–water partition coefficient (Wildman–Crippen LogP) is 1.36. The van der Waals surface area contributed by atoms with Gasteiger partial charge in [0.05, 0.1) is 13.7 Å². The third-order valence-corrected chi connectivity index (χ3v) is 2.68. The summed E-state index contributed by atoms with van der Waals surface area (Å²) in [7, 11) is 3.38. The van der Waals surface area contributed by atoms with E-state index in [1.807, 2.05) is 24.9 Å². The molecule has 0 radical (unpaired) electrons. The van der Waals surface area contributed by atoms with Gasteiger partial charge < -0.3 is 15.2 Å². The molecule has 0 aliphatic carbocycles. The molecule has 0 saturated carbocycles. The third kappa shape index (κ3) is 5.18. The standard InChI is InChI=1S/C14H22N2O3/c1-4-7-15-14(18)10-16(2)9-11-5-6-13(19-3)12(17)8-11/h5-6,8,17H,4,7,9-10H2,1-3H3,(H,15,18). The van der Waals surface area contributed by atoms with Gasteiger partial charge in [-0.2, -0.15) is 0 Å². The van der Waals surface area contributed by atoms with Crippen molar-refractivity contribution < 1.29 is 14.6 Å². The molecule has 0 aromatic heterocycles. The highest BCUT2D eigenvalue weighted by atomic mass is 16.5. The van der Waals surface area contributed by atoms with Crippen molar-refractivity contribution in [3.05, 3.63) is 23.8 Å². The second-order valence-corrected chi connectivity index (χ2v) is 4.53. The zero-order chi connectivity index (χ0) is 14.3. The number of hydrogen-bond acceptors (Lipinski definition) is 4. The van der Waals surface area contributed by atoms with Crippen LogP contribution in [0.3, 0.4) is 0 Å². The minimum Gasteiger partial charge on any atom is -0.504 e. The van der Waals surface area contributed by atoms with E-state index in [-0.39, 0.29) is 11.7 Å². The fourth-order valence-corrected chi connectivity index (χ4v) is 1.77. The second kappa shape index (κ2) is 7.63. The van der Waals surface area contributed by atoms with Crippen molar-refractivity contribution in [1.82, 2.24) is 10.2 Å². The van der Waals surface area contributed by atoms with Gasteiger partial charge in [0, 0.05) is 13.1 Å². The van der Waals surface area contributed by atoms with Crippen LogP contribution in [0.25, 0.3) is 0 Å². The number of likely N-dealkylation sites (N-methyl/N-ethyl adjacent to an activating group) is 1. The Balaban J connectivity index is 2.50. The largest absolute Gasteiger partial charge is 0.504 e. The minimum absolute atomic E-state index is 0.0158. The van der Waals surface area contributed by atoms with Gasteiger partial charge in [-0.3, -0.25) is 9.69 Å². The van der Waals surface area contributed by atoms with E-state index in [0.717, 1.165) is 12.0 Å². The lowest BCUT2D eigenvalue weighted by Crippen LogP contribution is -2.35. The number of rotatable bonds is 7. The molecule has 0 heterocycles. The van der Waals surface area contributed by atoms with E-state index in [9.17, 15) is 9.90 Å². The molecule has 1 aromatic rings. The molecule has 0 aliphatic rings. The first-order valence-corrected chi connectivity index (χ1v) is 6.38. The van der Waals surface area contributed by atoms with Crippen molar-refractivity contribution >= 4 is 5.91 Å². The molecule has 1 aromatic carbocycles. The predicted molar refractivity (Wildman–Crippen MR) is 74.3 cm³/mol. The molecule has 0 fully saturated rings. The average Bonchev–Trinajstić information content (AvgIpc) is 2.36. The number of nitrogens with zero attached hydrogens (tertiary/aromatic N) is 1. The number of aromatic hydroxyl groups is 1. The van der Waals surface area contributed by atoms with Gasteiger partial charge in [0.2, 0.25) is 5.91 Å². The number of ether oxygens (including phenoxy) is 1. The van der Waals surface area contributed by atoms with Crippen LogP contribution in [-0.4, -0.2) is 43.2 Å². The lowest BCUT2D eigenvalue weighted by molar-refractivity contribution is -0.122. The number of phenolic OH excluding ortho intramolecular Hbond substituents is 1. The van der Waals surface area contributed by atoms with Gasteiger partial charge in [0.15, 0.2) is 11.5 Å². The molecule has 19 heavy (non-hydrogen) atoms. The van der Waals surface area contributed by atoms with Crippen LogP contribution in [0.4, 0.5) is 0 Å². The van der Waals surface area contributed by atoms with Gasteiger partial charge in [-0.1, -0.05) is 13.0 Å². The number of nitrogens with one attached hydrogen (secondary N) is 1. The van der Waals surface area contributed by atoms with Crippen LogP contribution in [-0.2, 0) is 11.3 Å².